The molecule has 0 aromatic heterocycles. The molecule has 1 aliphatic rings. The lowest BCUT2D eigenvalue weighted by Gasteiger charge is -2.31. The van der Waals surface area contributed by atoms with Crippen LogP contribution in [0.25, 0.3) is 0 Å². The molecule has 0 bridgehead atoms. The highest BCUT2D eigenvalue weighted by Crippen LogP contribution is 2.45. The van der Waals surface area contributed by atoms with Gasteiger partial charge in [-0.2, -0.15) is 0 Å². The van der Waals surface area contributed by atoms with Crippen molar-refractivity contribution in [2.24, 2.45) is 0 Å². The minimum atomic E-state index is -0.953. The van der Waals surface area contributed by atoms with Crippen molar-refractivity contribution >= 4 is 0 Å². The van der Waals surface area contributed by atoms with Gasteiger partial charge < -0.3 is 34.6 Å². The molecule has 1 heterocycles. The Morgan fingerprint density at radius 2 is 1.75 bits per heavy atom. The molecule has 1 aliphatic heterocycles. The van der Waals surface area contributed by atoms with Crippen LogP contribution in [0.4, 0.5) is 0 Å². The summed E-state index contributed by atoms with van der Waals surface area (Å²) in [5, 5.41) is 40.0. The largest absolute Gasteiger partial charge is 0.508 e. The van der Waals surface area contributed by atoms with E-state index in [-0.39, 0.29) is 35.2 Å². The summed E-state index contributed by atoms with van der Waals surface area (Å²) in [7, 11) is 2.84. The van der Waals surface area contributed by atoms with Crippen molar-refractivity contribution < 1.29 is 34.6 Å². The van der Waals surface area contributed by atoms with Crippen LogP contribution in [0.2, 0.25) is 0 Å². The van der Waals surface area contributed by atoms with Crippen molar-refractivity contribution in [1.82, 2.24) is 0 Å². The molecule has 0 spiro atoms. The van der Waals surface area contributed by atoms with Crippen molar-refractivity contribution in [1.29, 1.82) is 0 Å². The molecule has 2 aromatic rings. The number of phenolic OH excluding ortho intramolecular Hbond substituents is 3. The van der Waals surface area contributed by atoms with Gasteiger partial charge in [-0.15, -0.1) is 0 Å². The van der Waals surface area contributed by atoms with E-state index in [9.17, 15) is 20.4 Å². The molecule has 0 radical (unpaired) electrons. The van der Waals surface area contributed by atoms with Crippen molar-refractivity contribution in [2.45, 2.75) is 18.6 Å². The van der Waals surface area contributed by atoms with Gasteiger partial charge in [-0.25, -0.2) is 0 Å². The second-order valence-electron chi connectivity index (χ2n) is 5.53. The van der Waals surface area contributed by atoms with E-state index in [0.29, 0.717) is 16.9 Å². The average Bonchev–Trinajstić information content (AvgIpc) is 2.54. The van der Waals surface area contributed by atoms with Gasteiger partial charge in [-0.1, -0.05) is 0 Å². The van der Waals surface area contributed by atoms with Gasteiger partial charge in [-0.05, 0) is 12.1 Å². The number of fused-ring (bicyclic) bond motifs is 1. The number of methoxy groups -OCH3 is 2. The quantitative estimate of drug-likeness (QED) is 0.678. The first kappa shape index (κ1) is 16.1. The van der Waals surface area contributed by atoms with Crippen LogP contribution in [0.3, 0.4) is 0 Å². The Bertz CT molecular complexity index is 772. The second kappa shape index (κ2) is 6.01. The number of benzene rings is 2. The SMILES string of the molecule is COc1cc([C@H]2Oc3cc(O)cc(O)c3C[C@@H]2O)cc(O)c1OC. The third-order valence-electron chi connectivity index (χ3n) is 4.00. The number of rotatable bonds is 3. The van der Waals surface area contributed by atoms with Crippen LogP contribution in [-0.2, 0) is 6.42 Å². The van der Waals surface area contributed by atoms with E-state index >= 15 is 0 Å². The highest BCUT2D eigenvalue weighted by atomic mass is 16.5. The molecular formula is C17H18O7. The topological polar surface area (TPSA) is 109 Å². The zero-order valence-electron chi connectivity index (χ0n) is 13.2. The normalized spacial score (nSPS) is 19.3. The summed E-state index contributed by atoms with van der Waals surface area (Å²) in [6, 6.07) is 5.58. The molecule has 24 heavy (non-hydrogen) atoms. The van der Waals surface area contributed by atoms with E-state index in [2.05, 4.69) is 0 Å². The number of ether oxygens (including phenoxy) is 3. The molecule has 0 fully saturated rings. The summed E-state index contributed by atoms with van der Waals surface area (Å²) < 4.78 is 16.0. The minimum Gasteiger partial charge on any atom is -0.508 e. The molecule has 0 saturated heterocycles. The first-order valence-electron chi connectivity index (χ1n) is 7.29. The molecule has 2 atom stereocenters. The highest BCUT2D eigenvalue weighted by Gasteiger charge is 2.33. The first-order chi connectivity index (χ1) is 11.4. The number of aliphatic hydroxyl groups is 1. The van der Waals surface area contributed by atoms with Crippen LogP contribution in [-0.4, -0.2) is 40.7 Å². The van der Waals surface area contributed by atoms with E-state index in [1.165, 1.54) is 32.4 Å². The van der Waals surface area contributed by atoms with E-state index in [4.69, 9.17) is 14.2 Å². The smallest absolute Gasteiger partial charge is 0.203 e. The van der Waals surface area contributed by atoms with Gasteiger partial charge >= 0.3 is 0 Å². The molecule has 7 heteroatoms. The Morgan fingerprint density at radius 3 is 2.42 bits per heavy atom. The number of aromatic hydroxyl groups is 3. The summed E-state index contributed by atoms with van der Waals surface area (Å²) in [6.07, 6.45) is -1.61. The Morgan fingerprint density at radius 1 is 1.00 bits per heavy atom. The lowest BCUT2D eigenvalue weighted by molar-refractivity contribution is 0.0196. The van der Waals surface area contributed by atoms with Crippen LogP contribution < -0.4 is 14.2 Å². The zero-order valence-corrected chi connectivity index (χ0v) is 13.2. The van der Waals surface area contributed by atoms with E-state index < -0.39 is 12.2 Å². The molecule has 0 saturated carbocycles. The molecule has 7 nitrogen and oxygen atoms in total. The van der Waals surface area contributed by atoms with Crippen LogP contribution in [0.5, 0.6) is 34.5 Å². The maximum atomic E-state index is 10.4. The van der Waals surface area contributed by atoms with Crippen LogP contribution >= 0.6 is 0 Å². The van der Waals surface area contributed by atoms with Gasteiger partial charge in [0, 0.05) is 29.7 Å². The molecular weight excluding hydrogens is 316 g/mol. The predicted octanol–water partition coefficient (Wildman–Crippen LogP) is 1.86. The van der Waals surface area contributed by atoms with E-state index in [0.717, 1.165) is 0 Å². The minimum absolute atomic E-state index is 0.140. The lowest BCUT2D eigenvalue weighted by Crippen LogP contribution is -2.30. The molecule has 0 unspecified atom stereocenters. The Kier molecular flexibility index (Phi) is 4.02. The number of aliphatic hydroxyl groups excluding tert-OH is 1. The van der Waals surface area contributed by atoms with Gasteiger partial charge in [-0.3, -0.25) is 0 Å². The highest BCUT2D eigenvalue weighted by molar-refractivity contribution is 5.55. The van der Waals surface area contributed by atoms with Crippen LogP contribution in [0.15, 0.2) is 24.3 Å². The Hall–Kier alpha value is -2.80. The summed E-state index contributed by atoms with van der Waals surface area (Å²) in [5.41, 5.74) is 0.896. The third kappa shape index (κ3) is 2.63. The van der Waals surface area contributed by atoms with Gasteiger partial charge in [0.05, 0.1) is 20.3 Å². The van der Waals surface area contributed by atoms with Crippen LogP contribution in [0, 0.1) is 0 Å². The number of phenols is 3. The molecule has 4 N–H and O–H groups in total. The fourth-order valence-electron chi connectivity index (χ4n) is 2.88. The third-order valence-corrected chi connectivity index (χ3v) is 4.00. The van der Waals surface area contributed by atoms with Crippen molar-refractivity contribution in [3.05, 3.63) is 35.4 Å². The summed E-state index contributed by atoms with van der Waals surface area (Å²) in [5.74, 6) is 0.327. The molecule has 0 amide bonds. The van der Waals surface area contributed by atoms with Crippen LogP contribution in [0.1, 0.15) is 17.2 Å². The van der Waals surface area contributed by atoms with Crippen molar-refractivity contribution in [3.8, 4) is 34.5 Å². The van der Waals surface area contributed by atoms with Gasteiger partial charge in [0.2, 0.25) is 5.75 Å². The Balaban J connectivity index is 2.03. The average molecular weight is 334 g/mol. The standard InChI is InChI=1S/C17H18O7/c1-22-15-4-8(3-12(20)17(15)23-2)16-13(21)7-10-11(19)5-9(18)6-14(10)24-16/h3-6,13,16,18-21H,7H2,1-2H3/t13-,16+/m0/s1. The van der Waals surface area contributed by atoms with Gasteiger partial charge in [0.15, 0.2) is 17.6 Å². The molecule has 0 aliphatic carbocycles. The lowest BCUT2D eigenvalue weighted by atomic mass is 9.93. The van der Waals surface area contributed by atoms with E-state index in [1.807, 2.05) is 0 Å². The second-order valence-corrected chi connectivity index (χ2v) is 5.53. The molecule has 3 rings (SSSR count). The first-order valence-corrected chi connectivity index (χ1v) is 7.29. The van der Waals surface area contributed by atoms with E-state index in [1.54, 1.807) is 6.07 Å². The Labute approximate surface area is 138 Å². The maximum absolute atomic E-state index is 10.4. The maximum Gasteiger partial charge on any atom is 0.203 e. The molecule has 128 valence electrons. The van der Waals surface area contributed by atoms with Gasteiger partial charge in [0.1, 0.15) is 17.2 Å². The summed E-state index contributed by atoms with van der Waals surface area (Å²) in [4.78, 5) is 0. The number of hydrogen-bond donors (Lipinski definition) is 4. The summed E-state index contributed by atoms with van der Waals surface area (Å²) >= 11 is 0. The fourth-order valence-corrected chi connectivity index (χ4v) is 2.88. The predicted molar refractivity (Wildman–Crippen MR) is 84.1 cm³/mol. The van der Waals surface area contributed by atoms with Crippen molar-refractivity contribution in [3.63, 3.8) is 0 Å². The monoisotopic (exact) mass is 334 g/mol. The number of hydrogen-bond acceptors (Lipinski definition) is 7. The fraction of sp³-hybridized carbons (Fsp3) is 0.294. The zero-order chi connectivity index (χ0) is 17.4. The van der Waals surface area contributed by atoms with Crippen molar-refractivity contribution in [2.75, 3.05) is 14.2 Å². The summed E-state index contributed by atoms with van der Waals surface area (Å²) in [6.45, 7) is 0. The van der Waals surface area contributed by atoms with Gasteiger partial charge in [0.25, 0.3) is 0 Å². The molecule has 2 aromatic carbocycles.